The van der Waals surface area contributed by atoms with Gasteiger partial charge in [-0.15, -0.1) is 0 Å². The van der Waals surface area contributed by atoms with Crippen molar-refractivity contribution in [3.63, 3.8) is 0 Å². The molecule has 10 heavy (non-hydrogen) atoms. The van der Waals surface area contributed by atoms with E-state index in [0.717, 1.165) is 5.57 Å². The summed E-state index contributed by atoms with van der Waals surface area (Å²) in [5.74, 6) is 0.477. The third-order valence-electron chi connectivity index (χ3n) is 1.43. The Hall–Kier alpha value is -1.05. The Balaban J connectivity index is 2.75. The lowest BCUT2D eigenvalue weighted by molar-refractivity contribution is -0.116. The molecule has 1 aliphatic rings. The Bertz CT molecular complexity index is 211. The Morgan fingerprint density at radius 2 is 2.50 bits per heavy atom. The summed E-state index contributed by atoms with van der Waals surface area (Å²) in [6, 6.07) is 0. The van der Waals surface area contributed by atoms with Crippen LogP contribution in [0.1, 0.15) is 13.8 Å². The van der Waals surface area contributed by atoms with Gasteiger partial charge in [-0.25, -0.2) is 0 Å². The molecule has 0 saturated carbocycles. The third kappa shape index (κ3) is 1.26. The number of Topliss-reactive ketones (excluding diaryl/α,β-unsaturated/α-hetero) is 1. The van der Waals surface area contributed by atoms with E-state index in [4.69, 9.17) is 4.74 Å². The maximum Gasteiger partial charge on any atom is 0.194 e. The molecule has 0 spiro atoms. The van der Waals surface area contributed by atoms with Crippen molar-refractivity contribution in [3.05, 3.63) is 23.5 Å². The molecule has 0 aromatic carbocycles. The highest BCUT2D eigenvalue weighted by molar-refractivity contribution is 5.92. The van der Waals surface area contributed by atoms with Crippen LogP contribution in [0.15, 0.2) is 23.5 Å². The molecule has 0 radical (unpaired) electrons. The van der Waals surface area contributed by atoms with Crippen molar-refractivity contribution in [2.45, 2.75) is 13.8 Å². The smallest absolute Gasteiger partial charge is 0.194 e. The second-order valence-corrected chi connectivity index (χ2v) is 2.22. The zero-order chi connectivity index (χ0) is 7.56. The number of carbonyl (C=O) groups is 1. The molecule has 0 fully saturated rings. The molecule has 2 nitrogen and oxygen atoms in total. The van der Waals surface area contributed by atoms with Crippen molar-refractivity contribution in [2.24, 2.45) is 0 Å². The molecule has 0 aliphatic carbocycles. The van der Waals surface area contributed by atoms with Gasteiger partial charge in [0.2, 0.25) is 0 Å². The lowest BCUT2D eigenvalue weighted by Crippen LogP contribution is -1.95. The van der Waals surface area contributed by atoms with Gasteiger partial charge in [0.1, 0.15) is 6.61 Å². The van der Waals surface area contributed by atoms with Gasteiger partial charge in [0, 0.05) is 6.92 Å². The van der Waals surface area contributed by atoms with Crippen LogP contribution < -0.4 is 0 Å². The van der Waals surface area contributed by atoms with Crippen molar-refractivity contribution in [2.75, 3.05) is 6.61 Å². The topological polar surface area (TPSA) is 26.3 Å². The van der Waals surface area contributed by atoms with Gasteiger partial charge in [0.15, 0.2) is 11.5 Å². The van der Waals surface area contributed by atoms with E-state index in [-0.39, 0.29) is 5.78 Å². The van der Waals surface area contributed by atoms with E-state index in [1.807, 2.05) is 13.0 Å². The Kier molecular flexibility index (Phi) is 1.90. The monoisotopic (exact) mass is 138 g/mol. The normalized spacial score (nSPS) is 20.6. The molecular formula is C8H10O2. The number of carbonyl (C=O) groups excluding carboxylic acids is 1. The van der Waals surface area contributed by atoms with E-state index in [2.05, 4.69) is 0 Å². The molecule has 0 amide bonds. The summed E-state index contributed by atoms with van der Waals surface area (Å²) in [7, 11) is 0. The summed E-state index contributed by atoms with van der Waals surface area (Å²) >= 11 is 0. The number of ether oxygens (including phenoxy) is 1. The largest absolute Gasteiger partial charge is 0.485 e. The lowest BCUT2D eigenvalue weighted by atomic mass is 10.2. The summed E-state index contributed by atoms with van der Waals surface area (Å²) < 4.78 is 5.06. The van der Waals surface area contributed by atoms with E-state index >= 15 is 0 Å². The fraction of sp³-hybridized carbons (Fsp3) is 0.375. The zero-order valence-corrected chi connectivity index (χ0v) is 6.18. The van der Waals surface area contributed by atoms with Crippen molar-refractivity contribution < 1.29 is 9.53 Å². The zero-order valence-electron chi connectivity index (χ0n) is 6.18. The predicted molar refractivity (Wildman–Crippen MR) is 38.5 cm³/mol. The number of hydrogen-bond donors (Lipinski definition) is 0. The Labute approximate surface area is 60.2 Å². The molecule has 0 saturated heterocycles. The molecule has 0 unspecified atom stereocenters. The second-order valence-electron chi connectivity index (χ2n) is 2.22. The van der Waals surface area contributed by atoms with Crippen LogP contribution in [0, 0.1) is 0 Å². The first kappa shape index (κ1) is 7.06. The number of ketones is 1. The predicted octanol–water partition coefficient (Wildman–Crippen LogP) is 1.44. The third-order valence-corrected chi connectivity index (χ3v) is 1.43. The second kappa shape index (κ2) is 2.69. The van der Waals surface area contributed by atoms with Gasteiger partial charge in [0.05, 0.1) is 0 Å². The van der Waals surface area contributed by atoms with Crippen molar-refractivity contribution >= 4 is 5.78 Å². The first-order valence-corrected chi connectivity index (χ1v) is 3.24. The molecular weight excluding hydrogens is 128 g/mol. The minimum absolute atomic E-state index is 0.00292. The van der Waals surface area contributed by atoms with Crippen molar-refractivity contribution in [1.82, 2.24) is 0 Å². The van der Waals surface area contributed by atoms with E-state index in [1.54, 1.807) is 6.08 Å². The maximum atomic E-state index is 10.7. The fourth-order valence-electron chi connectivity index (χ4n) is 0.783. The van der Waals surface area contributed by atoms with Gasteiger partial charge in [0.25, 0.3) is 0 Å². The average Bonchev–Trinajstić information content (AvgIpc) is 2.34. The van der Waals surface area contributed by atoms with Crippen LogP contribution in [-0.2, 0) is 9.53 Å². The van der Waals surface area contributed by atoms with Gasteiger partial charge in [-0.1, -0.05) is 6.08 Å². The molecule has 0 N–H and O–H groups in total. The van der Waals surface area contributed by atoms with Gasteiger partial charge in [-0.05, 0) is 18.6 Å². The van der Waals surface area contributed by atoms with E-state index < -0.39 is 0 Å². The van der Waals surface area contributed by atoms with Crippen LogP contribution in [0.2, 0.25) is 0 Å². The molecule has 0 aromatic rings. The van der Waals surface area contributed by atoms with Crippen molar-refractivity contribution in [3.8, 4) is 0 Å². The number of hydrogen-bond acceptors (Lipinski definition) is 2. The highest BCUT2D eigenvalue weighted by atomic mass is 16.5. The van der Waals surface area contributed by atoms with Gasteiger partial charge < -0.3 is 4.74 Å². The quantitative estimate of drug-likeness (QED) is 0.548. The standard InChI is InChI=1S/C8H10O2/c1-3-7-4-8(6(2)9)10-5-7/h3-4H,5H2,1-2H3/b7-3-. The minimum Gasteiger partial charge on any atom is -0.485 e. The molecule has 1 aliphatic heterocycles. The van der Waals surface area contributed by atoms with Crippen LogP contribution in [0.25, 0.3) is 0 Å². The van der Waals surface area contributed by atoms with Crippen LogP contribution in [0.4, 0.5) is 0 Å². The first-order valence-electron chi connectivity index (χ1n) is 3.24. The van der Waals surface area contributed by atoms with Gasteiger partial charge >= 0.3 is 0 Å². The highest BCUT2D eigenvalue weighted by Crippen LogP contribution is 2.14. The Morgan fingerprint density at radius 1 is 1.80 bits per heavy atom. The molecule has 54 valence electrons. The van der Waals surface area contributed by atoms with Crippen LogP contribution in [0.3, 0.4) is 0 Å². The van der Waals surface area contributed by atoms with Gasteiger partial charge in [-0.2, -0.15) is 0 Å². The number of rotatable bonds is 1. The van der Waals surface area contributed by atoms with Gasteiger partial charge in [-0.3, -0.25) is 4.79 Å². The maximum absolute atomic E-state index is 10.7. The molecule has 0 atom stereocenters. The fourth-order valence-corrected chi connectivity index (χ4v) is 0.783. The van der Waals surface area contributed by atoms with Crippen LogP contribution >= 0.6 is 0 Å². The summed E-state index contributed by atoms with van der Waals surface area (Å²) in [5.41, 5.74) is 1.07. The van der Waals surface area contributed by atoms with E-state index in [9.17, 15) is 4.79 Å². The number of allylic oxidation sites excluding steroid dienone is 2. The van der Waals surface area contributed by atoms with Crippen LogP contribution in [-0.4, -0.2) is 12.4 Å². The summed E-state index contributed by atoms with van der Waals surface area (Å²) in [4.78, 5) is 10.7. The SMILES string of the molecule is C/C=C1/C=C(C(C)=O)OC1. The molecule has 1 heterocycles. The summed E-state index contributed by atoms with van der Waals surface area (Å²) in [6.45, 7) is 3.98. The van der Waals surface area contributed by atoms with Crippen molar-refractivity contribution in [1.29, 1.82) is 0 Å². The lowest BCUT2D eigenvalue weighted by Gasteiger charge is -1.94. The molecule has 1 rings (SSSR count). The Morgan fingerprint density at radius 3 is 2.80 bits per heavy atom. The van der Waals surface area contributed by atoms with E-state index in [0.29, 0.717) is 12.4 Å². The van der Waals surface area contributed by atoms with E-state index in [1.165, 1.54) is 6.92 Å². The highest BCUT2D eigenvalue weighted by Gasteiger charge is 2.12. The summed E-state index contributed by atoms with van der Waals surface area (Å²) in [6.07, 6.45) is 3.72. The first-order chi connectivity index (χ1) is 4.74. The minimum atomic E-state index is -0.00292. The van der Waals surface area contributed by atoms with Crippen LogP contribution in [0.5, 0.6) is 0 Å². The summed E-state index contributed by atoms with van der Waals surface area (Å²) in [5, 5.41) is 0. The molecule has 0 bridgehead atoms. The molecule has 0 aromatic heterocycles. The average molecular weight is 138 g/mol. The molecule has 2 heteroatoms.